The van der Waals surface area contributed by atoms with Crippen molar-refractivity contribution in [3.05, 3.63) is 35.1 Å². The van der Waals surface area contributed by atoms with Crippen LogP contribution < -0.4 is 5.32 Å². The van der Waals surface area contributed by atoms with Crippen LogP contribution in [0, 0.1) is 34.2 Å². The van der Waals surface area contributed by atoms with Crippen molar-refractivity contribution < 1.29 is 13.2 Å². The Bertz CT molecular complexity index is 546. The van der Waals surface area contributed by atoms with E-state index >= 15 is 0 Å². The largest absolute Gasteiger partial charge is 0.309 e. The van der Waals surface area contributed by atoms with Gasteiger partial charge in [0.05, 0.1) is 0 Å². The van der Waals surface area contributed by atoms with E-state index in [2.05, 4.69) is 26.1 Å². The van der Waals surface area contributed by atoms with Crippen molar-refractivity contribution in [1.82, 2.24) is 5.32 Å². The number of hydrogen-bond acceptors (Lipinski definition) is 1. The molecule has 0 amide bonds. The second kappa shape index (κ2) is 4.73. The van der Waals surface area contributed by atoms with E-state index in [0.29, 0.717) is 29.5 Å². The molecule has 3 rings (SSSR count). The first-order chi connectivity index (χ1) is 9.75. The Morgan fingerprint density at radius 1 is 1.14 bits per heavy atom. The molecule has 2 aliphatic carbocycles. The van der Waals surface area contributed by atoms with Crippen LogP contribution in [0.15, 0.2) is 12.1 Å². The van der Waals surface area contributed by atoms with Gasteiger partial charge in [0.15, 0.2) is 17.5 Å². The van der Waals surface area contributed by atoms with Crippen LogP contribution in [-0.2, 0) is 6.54 Å². The Hall–Kier alpha value is -1.03. The molecule has 2 aliphatic rings. The minimum absolute atomic E-state index is 0.217. The van der Waals surface area contributed by atoms with Crippen LogP contribution in [0.2, 0.25) is 0 Å². The van der Waals surface area contributed by atoms with Crippen LogP contribution in [0.3, 0.4) is 0 Å². The molecule has 1 aromatic carbocycles. The fraction of sp³-hybridized carbons (Fsp3) is 0.647. The SMILES string of the molecule is CC1(C)C2CCC1(C)C(NCc1cc(F)c(F)c(F)c1)C2. The Labute approximate surface area is 123 Å². The van der Waals surface area contributed by atoms with E-state index in [9.17, 15) is 13.2 Å². The zero-order chi connectivity index (χ0) is 15.4. The molecule has 0 heterocycles. The topological polar surface area (TPSA) is 12.0 Å². The molecule has 0 aliphatic heterocycles. The molecule has 2 saturated carbocycles. The van der Waals surface area contributed by atoms with Crippen LogP contribution in [-0.4, -0.2) is 6.04 Å². The van der Waals surface area contributed by atoms with E-state index in [1.54, 1.807) is 0 Å². The zero-order valence-electron chi connectivity index (χ0n) is 12.8. The fourth-order valence-electron chi connectivity index (χ4n) is 4.46. The molecule has 1 nitrogen and oxygen atoms in total. The van der Waals surface area contributed by atoms with E-state index in [-0.39, 0.29) is 5.41 Å². The van der Waals surface area contributed by atoms with E-state index in [0.717, 1.165) is 18.6 Å². The lowest BCUT2D eigenvalue weighted by atomic mass is 9.69. The lowest BCUT2D eigenvalue weighted by Gasteiger charge is -2.39. The number of nitrogens with one attached hydrogen (secondary N) is 1. The molecule has 0 spiro atoms. The molecule has 2 bridgehead atoms. The van der Waals surface area contributed by atoms with Crippen molar-refractivity contribution in [3.63, 3.8) is 0 Å². The van der Waals surface area contributed by atoms with Crippen molar-refractivity contribution >= 4 is 0 Å². The molecule has 0 saturated heterocycles. The van der Waals surface area contributed by atoms with Gasteiger partial charge in [0.25, 0.3) is 0 Å². The number of benzene rings is 1. The van der Waals surface area contributed by atoms with Gasteiger partial charge in [0, 0.05) is 12.6 Å². The maximum atomic E-state index is 13.2. The van der Waals surface area contributed by atoms with Gasteiger partial charge in [-0.15, -0.1) is 0 Å². The molecule has 2 fully saturated rings. The quantitative estimate of drug-likeness (QED) is 0.815. The first-order valence-electron chi connectivity index (χ1n) is 7.62. The third-order valence-corrected chi connectivity index (χ3v) is 6.39. The standard InChI is InChI=1S/C17H22F3N/c1-16(2)11-4-5-17(16,3)14(8-11)21-9-10-6-12(18)15(20)13(19)7-10/h6-7,11,14,21H,4-5,8-9H2,1-3H3. The number of hydrogen-bond donors (Lipinski definition) is 1. The molecule has 4 heteroatoms. The molecule has 3 unspecified atom stereocenters. The molecular formula is C17H22F3N. The summed E-state index contributed by atoms with van der Waals surface area (Å²) in [5.74, 6) is -2.92. The molecule has 1 aromatic rings. The lowest BCUT2D eigenvalue weighted by Crippen LogP contribution is -2.44. The summed E-state index contributed by atoms with van der Waals surface area (Å²) < 4.78 is 39.5. The second-order valence-corrected chi connectivity index (χ2v) is 7.42. The van der Waals surface area contributed by atoms with Crippen molar-refractivity contribution in [3.8, 4) is 0 Å². The monoisotopic (exact) mass is 297 g/mol. The van der Waals surface area contributed by atoms with Crippen LogP contribution in [0.4, 0.5) is 13.2 Å². The first-order valence-corrected chi connectivity index (χ1v) is 7.62. The normalized spacial score (nSPS) is 33.6. The van der Waals surface area contributed by atoms with Gasteiger partial charge in [0.2, 0.25) is 0 Å². The third kappa shape index (κ3) is 2.10. The summed E-state index contributed by atoms with van der Waals surface area (Å²) in [5, 5.41) is 3.44. The van der Waals surface area contributed by atoms with Crippen molar-refractivity contribution in [2.24, 2.45) is 16.7 Å². The summed E-state index contributed by atoms with van der Waals surface area (Å²) in [6.07, 6.45) is 3.56. The third-order valence-electron chi connectivity index (χ3n) is 6.39. The van der Waals surface area contributed by atoms with Gasteiger partial charge >= 0.3 is 0 Å². The number of rotatable bonds is 3. The molecule has 0 radical (unpaired) electrons. The fourth-order valence-corrected chi connectivity index (χ4v) is 4.46. The van der Waals surface area contributed by atoms with Gasteiger partial charge in [-0.05, 0) is 53.7 Å². The second-order valence-electron chi connectivity index (χ2n) is 7.42. The minimum Gasteiger partial charge on any atom is -0.309 e. The van der Waals surface area contributed by atoms with Gasteiger partial charge in [-0.3, -0.25) is 0 Å². The van der Waals surface area contributed by atoms with E-state index in [1.807, 2.05) is 0 Å². The van der Waals surface area contributed by atoms with E-state index in [1.165, 1.54) is 12.8 Å². The predicted molar refractivity (Wildman–Crippen MR) is 76.2 cm³/mol. The summed E-state index contributed by atoms with van der Waals surface area (Å²) in [7, 11) is 0. The van der Waals surface area contributed by atoms with Crippen LogP contribution >= 0.6 is 0 Å². The molecule has 1 N–H and O–H groups in total. The Morgan fingerprint density at radius 2 is 1.76 bits per heavy atom. The lowest BCUT2D eigenvalue weighted by molar-refractivity contribution is 0.120. The average molecular weight is 297 g/mol. The molecule has 3 atom stereocenters. The maximum absolute atomic E-state index is 13.2. The highest BCUT2D eigenvalue weighted by Gasteiger charge is 2.60. The van der Waals surface area contributed by atoms with Crippen LogP contribution in [0.5, 0.6) is 0 Å². The molecule has 0 aromatic heterocycles. The zero-order valence-corrected chi connectivity index (χ0v) is 12.8. The van der Waals surface area contributed by atoms with Crippen LogP contribution in [0.1, 0.15) is 45.6 Å². The van der Waals surface area contributed by atoms with Gasteiger partial charge < -0.3 is 5.32 Å². The summed E-state index contributed by atoms with van der Waals surface area (Å²) >= 11 is 0. The highest BCUT2D eigenvalue weighted by atomic mass is 19.2. The van der Waals surface area contributed by atoms with Gasteiger partial charge in [-0.1, -0.05) is 20.8 Å². The maximum Gasteiger partial charge on any atom is 0.194 e. The van der Waals surface area contributed by atoms with E-state index < -0.39 is 17.5 Å². The molecule has 21 heavy (non-hydrogen) atoms. The summed E-state index contributed by atoms with van der Waals surface area (Å²) in [6, 6.07) is 2.50. The molecule has 116 valence electrons. The summed E-state index contributed by atoms with van der Waals surface area (Å²) in [5.41, 5.74) is 0.967. The van der Waals surface area contributed by atoms with Crippen molar-refractivity contribution in [2.45, 2.75) is 52.6 Å². The Kier molecular flexibility index (Phi) is 3.36. The first kappa shape index (κ1) is 14.9. The molecular weight excluding hydrogens is 275 g/mol. The summed E-state index contributed by atoms with van der Waals surface area (Å²) in [6.45, 7) is 7.33. The predicted octanol–water partition coefficient (Wildman–Crippen LogP) is 4.41. The highest BCUT2D eigenvalue weighted by molar-refractivity contribution is 5.20. The minimum atomic E-state index is -1.40. The highest BCUT2D eigenvalue weighted by Crippen LogP contribution is 2.65. The van der Waals surface area contributed by atoms with Gasteiger partial charge in [0.1, 0.15) is 0 Å². The number of halogens is 3. The van der Waals surface area contributed by atoms with Gasteiger partial charge in [-0.25, -0.2) is 13.2 Å². The van der Waals surface area contributed by atoms with Crippen molar-refractivity contribution in [1.29, 1.82) is 0 Å². The Balaban J connectivity index is 1.72. The summed E-state index contributed by atoms with van der Waals surface area (Å²) in [4.78, 5) is 0. The van der Waals surface area contributed by atoms with E-state index in [4.69, 9.17) is 0 Å². The number of fused-ring (bicyclic) bond motifs is 2. The van der Waals surface area contributed by atoms with Crippen molar-refractivity contribution in [2.75, 3.05) is 0 Å². The average Bonchev–Trinajstić information content (AvgIpc) is 2.75. The Morgan fingerprint density at radius 3 is 2.24 bits per heavy atom. The van der Waals surface area contributed by atoms with Crippen LogP contribution in [0.25, 0.3) is 0 Å². The van der Waals surface area contributed by atoms with Gasteiger partial charge in [-0.2, -0.15) is 0 Å². The smallest absolute Gasteiger partial charge is 0.194 e.